The molecule has 0 aliphatic rings. The summed E-state index contributed by atoms with van der Waals surface area (Å²) in [5.41, 5.74) is 0.486. The number of amides is 2. The molecule has 182 valence electrons. The molecule has 2 rings (SSSR count). The van der Waals surface area contributed by atoms with Crippen LogP contribution in [0, 0.1) is 10.1 Å². The van der Waals surface area contributed by atoms with Crippen LogP contribution in [0.4, 0.5) is 5.69 Å². The first kappa shape index (κ1) is 26.4. The maximum Gasteiger partial charge on any atom is 0.329 e. The highest BCUT2D eigenvalue weighted by atomic mass is 32.2. The highest BCUT2D eigenvalue weighted by Gasteiger charge is 2.24. The summed E-state index contributed by atoms with van der Waals surface area (Å²) < 4.78 is 27.6. The average molecular weight is 493 g/mol. The summed E-state index contributed by atoms with van der Waals surface area (Å²) in [5.74, 6) is -2.13. The summed E-state index contributed by atoms with van der Waals surface area (Å²) in [5, 5.41) is 20.8. The number of nitrogens with two attached hydrogens (primary N) is 1. The normalized spacial score (nSPS) is 12.8. The molecule has 2 aromatic rings. The second-order valence-electron chi connectivity index (χ2n) is 7.31. The predicted molar refractivity (Wildman–Crippen MR) is 120 cm³/mol. The number of hydrogen-bond acceptors (Lipinski definition) is 8. The van der Waals surface area contributed by atoms with Gasteiger partial charge in [-0.1, -0.05) is 18.2 Å². The number of ether oxygens (including phenoxy) is 1. The van der Waals surface area contributed by atoms with Crippen molar-refractivity contribution >= 4 is 33.5 Å². The lowest BCUT2D eigenvalue weighted by Gasteiger charge is -2.17. The van der Waals surface area contributed by atoms with Crippen molar-refractivity contribution in [1.29, 1.82) is 0 Å². The minimum Gasteiger partial charge on any atom is -0.451 e. The fraction of sp³-hybridized carbons (Fsp3) is 0.286. The Balaban J connectivity index is 1.81. The summed E-state index contributed by atoms with van der Waals surface area (Å²) in [7, 11) is -3.78. The van der Waals surface area contributed by atoms with E-state index >= 15 is 0 Å². The van der Waals surface area contributed by atoms with Crippen LogP contribution in [0.1, 0.15) is 29.8 Å². The van der Waals surface area contributed by atoms with E-state index in [4.69, 9.17) is 9.88 Å². The first-order valence-electron chi connectivity index (χ1n) is 10.0. The van der Waals surface area contributed by atoms with Crippen LogP contribution in [-0.2, 0) is 30.8 Å². The molecule has 0 aromatic heterocycles. The monoisotopic (exact) mass is 492 g/mol. The van der Waals surface area contributed by atoms with Crippen LogP contribution in [0.25, 0.3) is 0 Å². The molecule has 0 saturated carbocycles. The van der Waals surface area contributed by atoms with Gasteiger partial charge in [0.2, 0.25) is 10.0 Å². The van der Waals surface area contributed by atoms with E-state index < -0.39 is 44.9 Å². The van der Waals surface area contributed by atoms with Crippen molar-refractivity contribution in [2.45, 2.75) is 37.3 Å². The Morgan fingerprint density at radius 2 is 1.76 bits per heavy atom. The van der Waals surface area contributed by atoms with E-state index in [-0.39, 0.29) is 22.7 Å². The standard InChI is InChI=1S/C21H24N4O8S/c1-13(24-20(27)16-4-3-5-17(12-16)25(29)30)21(28)33-14(2)19(26)23-11-10-15-6-8-18(9-7-15)34(22,31)32/h3-9,12-14H,10-11H2,1-2H3,(H,23,26)(H,24,27)(H2,22,31,32)/t13-,14?/m0/s1. The van der Waals surface area contributed by atoms with E-state index in [1.807, 2.05) is 0 Å². The second kappa shape index (κ2) is 11.3. The molecule has 0 bridgehead atoms. The van der Waals surface area contributed by atoms with Crippen molar-refractivity contribution < 1.29 is 32.5 Å². The van der Waals surface area contributed by atoms with Gasteiger partial charge in [0.15, 0.2) is 6.10 Å². The minimum absolute atomic E-state index is 0.00302. The zero-order chi connectivity index (χ0) is 25.5. The van der Waals surface area contributed by atoms with Crippen molar-refractivity contribution in [3.8, 4) is 0 Å². The molecule has 0 radical (unpaired) electrons. The minimum atomic E-state index is -3.78. The Morgan fingerprint density at radius 3 is 2.35 bits per heavy atom. The van der Waals surface area contributed by atoms with Gasteiger partial charge in [-0.05, 0) is 44.0 Å². The molecule has 13 heteroatoms. The van der Waals surface area contributed by atoms with E-state index in [0.717, 1.165) is 11.6 Å². The van der Waals surface area contributed by atoms with E-state index in [0.29, 0.717) is 6.42 Å². The van der Waals surface area contributed by atoms with Crippen molar-refractivity contribution in [2.24, 2.45) is 5.14 Å². The molecule has 34 heavy (non-hydrogen) atoms. The van der Waals surface area contributed by atoms with Crippen LogP contribution in [0.2, 0.25) is 0 Å². The number of rotatable bonds is 10. The van der Waals surface area contributed by atoms with Gasteiger partial charge < -0.3 is 15.4 Å². The molecule has 12 nitrogen and oxygen atoms in total. The quantitative estimate of drug-likeness (QED) is 0.245. The summed E-state index contributed by atoms with van der Waals surface area (Å²) in [6, 6.07) is 9.76. The maximum atomic E-state index is 12.2. The Bertz CT molecular complexity index is 1180. The van der Waals surface area contributed by atoms with Gasteiger partial charge in [-0.15, -0.1) is 0 Å². The van der Waals surface area contributed by atoms with Crippen molar-refractivity contribution in [1.82, 2.24) is 10.6 Å². The Hall–Kier alpha value is -3.84. The van der Waals surface area contributed by atoms with Gasteiger partial charge in [-0.3, -0.25) is 19.7 Å². The molecule has 0 fully saturated rings. The Morgan fingerprint density at radius 1 is 1.12 bits per heavy atom. The first-order chi connectivity index (χ1) is 15.9. The molecule has 1 unspecified atom stereocenters. The Kier molecular flexibility index (Phi) is 8.81. The largest absolute Gasteiger partial charge is 0.451 e. The number of primary sulfonamides is 1. The summed E-state index contributed by atoms with van der Waals surface area (Å²) in [6.07, 6.45) is -0.748. The number of nitro benzene ring substituents is 1. The molecule has 0 aliphatic carbocycles. The molecule has 0 saturated heterocycles. The van der Waals surface area contributed by atoms with Crippen LogP contribution in [0.3, 0.4) is 0 Å². The molecule has 2 aromatic carbocycles. The van der Waals surface area contributed by atoms with Crippen LogP contribution >= 0.6 is 0 Å². The van der Waals surface area contributed by atoms with Gasteiger partial charge in [0, 0.05) is 24.2 Å². The highest BCUT2D eigenvalue weighted by molar-refractivity contribution is 7.89. The third kappa shape index (κ3) is 7.64. The Labute approximate surface area is 195 Å². The number of sulfonamides is 1. The average Bonchev–Trinajstić information content (AvgIpc) is 2.78. The van der Waals surface area contributed by atoms with Gasteiger partial charge in [0.1, 0.15) is 6.04 Å². The zero-order valence-electron chi connectivity index (χ0n) is 18.4. The van der Waals surface area contributed by atoms with Crippen molar-refractivity contribution in [3.05, 3.63) is 69.8 Å². The number of benzene rings is 2. The number of nitrogens with zero attached hydrogens (tertiary/aromatic N) is 1. The van der Waals surface area contributed by atoms with Gasteiger partial charge in [-0.25, -0.2) is 18.4 Å². The van der Waals surface area contributed by atoms with Crippen molar-refractivity contribution in [3.63, 3.8) is 0 Å². The fourth-order valence-corrected chi connectivity index (χ4v) is 3.26. The lowest BCUT2D eigenvalue weighted by Crippen LogP contribution is -2.43. The number of hydrogen-bond donors (Lipinski definition) is 3. The maximum absolute atomic E-state index is 12.2. The molecule has 2 atom stereocenters. The summed E-state index contributed by atoms with van der Waals surface area (Å²) in [4.78, 5) is 46.8. The number of carbonyl (C=O) groups is 3. The van der Waals surface area contributed by atoms with E-state index in [1.54, 1.807) is 12.1 Å². The second-order valence-corrected chi connectivity index (χ2v) is 8.87. The summed E-state index contributed by atoms with van der Waals surface area (Å²) in [6.45, 7) is 2.92. The number of carbonyl (C=O) groups excluding carboxylic acids is 3. The van der Waals surface area contributed by atoms with Crippen molar-refractivity contribution in [2.75, 3.05) is 6.54 Å². The van der Waals surface area contributed by atoms with E-state index in [2.05, 4.69) is 10.6 Å². The third-order valence-electron chi connectivity index (χ3n) is 4.65. The zero-order valence-corrected chi connectivity index (χ0v) is 19.2. The topological polar surface area (TPSA) is 188 Å². The lowest BCUT2D eigenvalue weighted by atomic mass is 10.1. The fourth-order valence-electron chi connectivity index (χ4n) is 2.75. The van der Waals surface area contributed by atoms with E-state index in [1.165, 1.54) is 44.2 Å². The number of nitrogens with one attached hydrogen (secondary N) is 2. The van der Waals surface area contributed by atoms with E-state index in [9.17, 15) is 32.9 Å². The SMILES string of the molecule is CC(OC(=O)[C@H](C)NC(=O)c1cccc([N+](=O)[O-])c1)C(=O)NCCc1ccc(S(N)(=O)=O)cc1. The molecular formula is C21H24N4O8S. The molecule has 2 amide bonds. The highest BCUT2D eigenvalue weighted by Crippen LogP contribution is 2.13. The van der Waals surface area contributed by atoms with Gasteiger partial charge in [-0.2, -0.15) is 0 Å². The smallest absolute Gasteiger partial charge is 0.329 e. The molecule has 0 heterocycles. The van der Waals surface area contributed by atoms with Crippen LogP contribution in [-0.4, -0.2) is 49.8 Å². The van der Waals surface area contributed by atoms with Gasteiger partial charge >= 0.3 is 5.97 Å². The summed E-state index contributed by atoms with van der Waals surface area (Å²) >= 11 is 0. The number of nitro groups is 1. The van der Waals surface area contributed by atoms with Gasteiger partial charge in [0.25, 0.3) is 17.5 Å². The van der Waals surface area contributed by atoms with Crippen LogP contribution < -0.4 is 15.8 Å². The lowest BCUT2D eigenvalue weighted by molar-refractivity contribution is -0.384. The molecule has 0 spiro atoms. The third-order valence-corrected chi connectivity index (χ3v) is 5.58. The van der Waals surface area contributed by atoms with Crippen LogP contribution in [0.5, 0.6) is 0 Å². The molecule has 0 aliphatic heterocycles. The van der Waals surface area contributed by atoms with Crippen LogP contribution in [0.15, 0.2) is 53.4 Å². The number of esters is 1. The first-order valence-corrected chi connectivity index (χ1v) is 11.6. The molecular weight excluding hydrogens is 468 g/mol. The van der Waals surface area contributed by atoms with Gasteiger partial charge in [0.05, 0.1) is 9.82 Å². The predicted octanol–water partition coefficient (Wildman–Crippen LogP) is 0.651. The molecule has 4 N–H and O–H groups in total. The number of non-ortho nitro benzene ring substituents is 1.